The number of fused-ring (bicyclic) bond motifs is 1. The molecule has 4 rings (SSSR count). The van der Waals surface area contributed by atoms with E-state index < -0.39 is 0 Å². The highest BCUT2D eigenvalue weighted by Crippen LogP contribution is 2.33. The maximum atomic E-state index is 13.4. The van der Waals surface area contributed by atoms with Gasteiger partial charge in [-0.25, -0.2) is 4.52 Å². The van der Waals surface area contributed by atoms with Gasteiger partial charge >= 0.3 is 0 Å². The largest absolute Gasteiger partial charge is 0.396 e. The molecule has 28 heavy (non-hydrogen) atoms. The zero-order valence-electron chi connectivity index (χ0n) is 15.9. The van der Waals surface area contributed by atoms with E-state index in [2.05, 4.69) is 6.58 Å². The zero-order chi connectivity index (χ0) is 19.5. The number of hydrogen-bond donors (Lipinski definition) is 1. The summed E-state index contributed by atoms with van der Waals surface area (Å²) in [5.74, 6) is -0.0610. The van der Waals surface area contributed by atoms with Crippen molar-refractivity contribution in [1.82, 2.24) is 14.5 Å². The molecule has 2 aromatic heterocycles. The molecule has 1 aliphatic rings. The number of carbonyl (C=O) groups excluding carboxylic acids is 1. The molecule has 5 heteroatoms. The number of aliphatic hydroxyl groups excluding tert-OH is 1. The van der Waals surface area contributed by atoms with Gasteiger partial charge in [0, 0.05) is 42.1 Å². The molecule has 0 saturated carbocycles. The van der Waals surface area contributed by atoms with E-state index in [0.29, 0.717) is 18.5 Å². The van der Waals surface area contributed by atoms with Crippen LogP contribution < -0.4 is 0 Å². The van der Waals surface area contributed by atoms with E-state index in [4.69, 9.17) is 5.10 Å². The Balaban J connectivity index is 1.77. The van der Waals surface area contributed by atoms with Gasteiger partial charge < -0.3 is 10.0 Å². The fraction of sp³-hybridized carbons (Fsp3) is 0.304. The van der Waals surface area contributed by atoms with E-state index >= 15 is 0 Å². The second-order valence-corrected chi connectivity index (χ2v) is 7.26. The van der Waals surface area contributed by atoms with Crippen molar-refractivity contribution >= 4 is 17.0 Å². The molecule has 144 valence electrons. The van der Waals surface area contributed by atoms with Gasteiger partial charge in [0.25, 0.3) is 5.91 Å². The number of rotatable bonds is 5. The van der Waals surface area contributed by atoms with Gasteiger partial charge in [-0.15, -0.1) is 0 Å². The Hall–Kier alpha value is -2.92. The molecule has 1 aromatic carbocycles. The fourth-order valence-corrected chi connectivity index (χ4v) is 4.09. The summed E-state index contributed by atoms with van der Waals surface area (Å²) < 4.78 is 1.80. The van der Waals surface area contributed by atoms with Crippen molar-refractivity contribution in [3.05, 3.63) is 66.9 Å². The average molecular weight is 375 g/mol. The van der Waals surface area contributed by atoms with Crippen molar-refractivity contribution < 1.29 is 9.90 Å². The van der Waals surface area contributed by atoms with Gasteiger partial charge in [-0.2, -0.15) is 5.10 Å². The van der Waals surface area contributed by atoms with Gasteiger partial charge in [-0.05, 0) is 37.8 Å². The number of likely N-dealkylation sites (tertiary alicyclic amines) is 1. The van der Waals surface area contributed by atoms with Crippen LogP contribution in [-0.2, 0) is 4.79 Å². The van der Waals surface area contributed by atoms with Crippen LogP contribution in [0.4, 0.5) is 0 Å². The first-order chi connectivity index (χ1) is 13.7. The Morgan fingerprint density at radius 3 is 2.71 bits per heavy atom. The van der Waals surface area contributed by atoms with Crippen LogP contribution in [-0.4, -0.2) is 44.7 Å². The minimum absolute atomic E-state index is 0.0610. The Morgan fingerprint density at radius 2 is 1.93 bits per heavy atom. The lowest BCUT2D eigenvalue weighted by Crippen LogP contribution is -2.44. The van der Waals surface area contributed by atoms with Crippen LogP contribution in [0, 0.1) is 0 Å². The molecular weight excluding hydrogens is 350 g/mol. The molecule has 1 saturated heterocycles. The number of aliphatic hydroxyl groups is 1. The first-order valence-corrected chi connectivity index (χ1v) is 9.84. The Kier molecular flexibility index (Phi) is 5.26. The van der Waals surface area contributed by atoms with Crippen LogP contribution in [0.15, 0.2) is 61.3 Å². The summed E-state index contributed by atoms with van der Waals surface area (Å²) in [6.07, 6.45) is 5.51. The number of carbonyl (C=O) groups is 1. The van der Waals surface area contributed by atoms with Crippen LogP contribution in [0.3, 0.4) is 0 Å². The molecule has 1 atom stereocenters. The number of amides is 1. The monoisotopic (exact) mass is 375 g/mol. The van der Waals surface area contributed by atoms with Gasteiger partial charge in [0.2, 0.25) is 0 Å². The van der Waals surface area contributed by atoms with Crippen LogP contribution in [0.1, 0.15) is 31.2 Å². The van der Waals surface area contributed by atoms with E-state index in [-0.39, 0.29) is 18.6 Å². The molecule has 1 unspecified atom stereocenters. The highest BCUT2D eigenvalue weighted by Gasteiger charge is 2.30. The van der Waals surface area contributed by atoms with Crippen molar-refractivity contribution in [2.75, 3.05) is 13.2 Å². The molecule has 1 fully saturated rings. The molecule has 1 N–H and O–H groups in total. The third kappa shape index (κ3) is 3.34. The van der Waals surface area contributed by atoms with Crippen LogP contribution in [0.5, 0.6) is 0 Å². The van der Waals surface area contributed by atoms with E-state index in [1.54, 1.807) is 4.52 Å². The number of aromatic nitrogens is 2. The van der Waals surface area contributed by atoms with Crippen molar-refractivity contribution in [3.8, 4) is 11.3 Å². The first kappa shape index (κ1) is 18.4. The van der Waals surface area contributed by atoms with Gasteiger partial charge in [0.05, 0.1) is 5.52 Å². The first-order valence-electron chi connectivity index (χ1n) is 9.84. The number of piperidine rings is 1. The Bertz CT molecular complexity index is 992. The lowest BCUT2D eigenvalue weighted by molar-refractivity contribution is -0.128. The minimum Gasteiger partial charge on any atom is -0.396 e. The molecule has 3 heterocycles. The van der Waals surface area contributed by atoms with Crippen molar-refractivity contribution in [2.45, 2.75) is 31.7 Å². The predicted octanol–water partition coefficient (Wildman–Crippen LogP) is 3.78. The third-order valence-corrected chi connectivity index (χ3v) is 5.50. The van der Waals surface area contributed by atoms with Crippen LogP contribution >= 0.6 is 0 Å². The van der Waals surface area contributed by atoms with E-state index in [1.807, 2.05) is 59.6 Å². The van der Waals surface area contributed by atoms with E-state index in [0.717, 1.165) is 41.6 Å². The summed E-state index contributed by atoms with van der Waals surface area (Å²) in [6.45, 7) is 5.00. The van der Waals surface area contributed by atoms with Gasteiger partial charge in [0.1, 0.15) is 5.69 Å². The molecule has 5 nitrogen and oxygen atoms in total. The smallest absolute Gasteiger partial charge is 0.254 e. The van der Waals surface area contributed by atoms with E-state index in [1.165, 1.54) is 0 Å². The highest BCUT2D eigenvalue weighted by molar-refractivity contribution is 6.22. The highest BCUT2D eigenvalue weighted by atomic mass is 16.3. The topological polar surface area (TPSA) is 57.8 Å². The van der Waals surface area contributed by atoms with E-state index in [9.17, 15) is 9.90 Å². The summed E-state index contributed by atoms with van der Waals surface area (Å²) in [6, 6.07) is 15.8. The maximum absolute atomic E-state index is 13.4. The van der Waals surface area contributed by atoms with Gasteiger partial charge in [-0.1, -0.05) is 43.0 Å². The second kappa shape index (κ2) is 7.98. The number of benzene rings is 1. The molecule has 0 spiro atoms. The maximum Gasteiger partial charge on any atom is 0.254 e. The van der Waals surface area contributed by atoms with Crippen molar-refractivity contribution in [3.63, 3.8) is 0 Å². The zero-order valence-corrected chi connectivity index (χ0v) is 15.9. The number of pyridine rings is 1. The van der Waals surface area contributed by atoms with Crippen LogP contribution in [0.25, 0.3) is 22.3 Å². The summed E-state index contributed by atoms with van der Waals surface area (Å²) >= 11 is 0. The van der Waals surface area contributed by atoms with Crippen molar-refractivity contribution in [1.29, 1.82) is 0 Å². The number of nitrogens with zero attached hydrogens (tertiary/aromatic N) is 3. The van der Waals surface area contributed by atoms with Crippen LogP contribution in [0.2, 0.25) is 0 Å². The SMILES string of the molecule is C=C(C(=O)N1CCCCC1CCO)c1c(-c2ccccc2)nn2ccccc12. The lowest BCUT2D eigenvalue weighted by atomic mass is 9.95. The molecule has 0 aliphatic carbocycles. The molecule has 0 radical (unpaired) electrons. The summed E-state index contributed by atoms with van der Waals surface area (Å²) in [5, 5.41) is 14.1. The molecule has 1 amide bonds. The third-order valence-electron chi connectivity index (χ3n) is 5.50. The summed E-state index contributed by atoms with van der Waals surface area (Å²) in [5.41, 5.74) is 3.84. The van der Waals surface area contributed by atoms with Gasteiger partial charge in [0.15, 0.2) is 0 Å². The Labute approximate surface area is 164 Å². The molecule has 1 aliphatic heterocycles. The number of hydrogen-bond acceptors (Lipinski definition) is 3. The molecule has 3 aromatic rings. The predicted molar refractivity (Wildman–Crippen MR) is 111 cm³/mol. The second-order valence-electron chi connectivity index (χ2n) is 7.26. The van der Waals surface area contributed by atoms with Gasteiger partial charge in [-0.3, -0.25) is 4.79 Å². The van der Waals surface area contributed by atoms with Crippen molar-refractivity contribution in [2.24, 2.45) is 0 Å². The molecule has 0 bridgehead atoms. The summed E-state index contributed by atoms with van der Waals surface area (Å²) in [4.78, 5) is 15.3. The standard InChI is InChI=1S/C23H25N3O2/c1-17(23(28)25-14-7-5-11-19(25)13-16-27)21-20-12-6-8-15-26(20)24-22(21)18-9-3-2-4-10-18/h2-4,6,8-10,12,15,19,27H,1,5,7,11,13-14,16H2. The average Bonchev–Trinajstić information content (AvgIpc) is 3.13. The summed E-state index contributed by atoms with van der Waals surface area (Å²) in [7, 11) is 0. The fourth-order valence-electron chi connectivity index (χ4n) is 4.09. The lowest BCUT2D eigenvalue weighted by Gasteiger charge is -2.36. The Morgan fingerprint density at radius 1 is 1.14 bits per heavy atom. The quantitative estimate of drug-likeness (QED) is 0.691. The minimum atomic E-state index is -0.0610. The molecular formula is C23H25N3O2. The normalized spacial score (nSPS) is 17.0.